The third kappa shape index (κ3) is 2.43. The highest BCUT2D eigenvalue weighted by Crippen LogP contribution is 2.65. The standard InChI is InChI=1S/C24H22N2O3/c27-20(25-11-14-6-3-5-13-4-1-2-7-15(13)14)12-26-23(28)21-16-8-9-17(19-10-18(16)19)22(21)24(26)29/h1-9,16-19,21-22H,10-12H2,(H,25,27)/t16-,17+,18-,19-,21+,22-/m1/s1. The average molecular weight is 386 g/mol. The normalized spacial score (nSPS) is 33.7. The van der Waals surface area contributed by atoms with Crippen molar-refractivity contribution in [3.05, 3.63) is 60.2 Å². The Hall–Kier alpha value is -2.95. The van der Waals surface area contributed by atoms with Crippen molar-refractivity contribution in [2.75, 3.05) is 6.54 Å². The summed E-state index contributed by atoms with van der Waals surface area (Å²) in [6, 6.07) is 14.0. The quantitative estimate of drug-likeness (QED) is 0.649. The minimum Gasteiger partial charge on any atom is -0.350 e. The van der Waals surface area contributed by atoms with Crippen molar-refractivity contribution in [2.45, 2.75) is 13.0 Å². The predicted octanol–water partition coefficient (Wildman–Crippen LogP) is 2.51. The van der Waals surface area contributed by atoms with Crippen LogP contribution < -0.4 is 5.32 Å². The number of hydrogen-bond acceptors (Lipinski definition) is 3. The number of imide groups is 1. The van der Waals surface area contributed by atoms with Crippen LogP contribution in [0.5, 0.6) is 0 Å². The number of likely N-dealkylation sites (tertiary alicyclic amines) is 1. The fourth-order valence-electron chi connectivity index (χ4n) is 6.01. The van der Waals surface area contributed by atoms with Crippen molar-refractivity contribution >= 4 is 28.5 Å². The van der Waals surface area contributed by atoms with Crippen molar-refractivity contribution in [1.82, 2.24) is 10.2 Å². The Morgan fingerprint density at radius 1 is 0.931 bits per heavy atom. The molecule has 7 rings (SSSR count). The van der Waals surface area contributed by atoms with Crippen LogP contribution in [-0.4, -0.2) is 29.2 Å². The molecule has 1 saturated heterocycles. The molecular weight excluding hydrogens is 364 g/mol. The molecule has 1 aliphatic heterocycles. The summed E-state index contributed by atoms with van der Waals surface area (Å²) < 4.78 is 0. The van der Waals surface area contributed by atoms with Gasteiger partial charge in [-0.3, -0.25) is 19.3 Å². The number of carbonyl (C=O) groups is 3. The molecule has 6 atom stereocenters. The van der Waals surface area contributed by atoms with E-state index in [0.29, 0.717) is 18.4 Å². The number of nitrogens with one attached hydrogen (secondary N) is 1. The lowest BCUT2D eigenvalue weighted by Crippen LogP contribution is -2.41. The van der Waals surface area contributed by atoms with Crippen molar-refractivity contribution in [2.24, 2.45) is 35.5 Å². The van der Waals surface area contributed by atoms with Crippen molar-refractivity contribution in [1.29, 1.82) is 0 Å². The topological polar surface area (TPSA) is 66.5 Å². The summed E-state index contributed by atoms with van der Waals surface area (Å²) in [5.74, 6) is 0.453. The smallest absolute Gasteiger partial charge is 0.240 e. The maximum atomic E-state index is 13.0. The molecule has 5 nitrogen and oxygen atoms in total. The van der Waals surface area contributed by atoms with Gasteiger partial charge < -0.3 is 5.32 Å². The van der Waals surface area contributed by atoms with E-state index >= 15 is 0 Å². The van der Waals surface area contributed by atoms with Crippen molar-refractivity contribution in [3.8, 4) is 0 Å². The second-order valence-electron chi connectivity index (χ2n) is 8.83. The summed E-state index contributed by atoms with van der Waals surface area (Å²) in [6.45, 7) is 0.199. The number of amides is 3. The van der Waals surface area contributed by atoms with E-state index in [4.69, 9.17) is 0 Å². The second-order valence-corrected chi connectivity index (χ2v) is 8.83. The minimum absolute atomic E-state index is 0.148. The minimum atomic E-state index is -0.288. The molecule has 3 amide bonds. The fourth-order valence-corrected chi connectivity index (χ4v) is 6.01. The summed E-state index contributed by atoms with van der Waals surface area (Å²) in [5.41, 5.74) is 1.02. The van der Waals surface area contributed by atoms with Crippen molar-refractivity contribution in [3.63, 3.8) is 0 Å². The zero-order valence-electron chi connectivity index (χ0n) is 16.0. The van der Waals surface area contributed by atoms with E-state index in [1.165, 1.54) is 4.90 Å². The molecule has 1 heterocycles. The number of allylic oxidation sites excluding steroid dienone is 2. The molecule has 146 valence electrons. The molecule has 4 aliphatic carbocycles. The molecule has 0 aromatic heterocycles. The lowest BCUT2D eigenvalue weighted by Gasteiger charge is -2.37. The van der Waals surface area contributed by atoms with Crippen LogP contribution in [0.1, 0.15) is 12.0 Å². The average Bonchev–Trinajstić information content (AvgIpc) is 3.53. The van der Waals surface area contributed by atoms with E-state index in [0.717, 1.165) is 22.8 Å². The van der Waals surface area contributed by atoms with E-state index < -0.39 is 0 Å². The Morgan fingerprint density at radius 3 is 2.31 bits per heavy atom. The zero-order chi connectivity index (χ0) is 19.7. The molecule has 5 aliphatic rings. The molecule has 2 saturated carbocycles. The number of hydrogen-bond donors (Lipinski definition) is 1. The van der Waals surface area contributed by atoms with Gasteiger partial charge in [0.05, 0.1) is 11.8 Å². The SMILES string of the molecule is O=C(CN1C(=O)[C@@H]2[C@H]3C=C[C@H]([C@H]4C[C@H]34)[C@@H]2C1=O)NCc1cccc2ccccc12. The van der Waals surface area contributed by atoms with E-state index in [2.05, 4.69) is 17.5 Å². The molecule has 0 spiro atoms. The van der Waals surface area contributed by atoms with E-state index in [1.54, 1.807) is 0 Å². The van der Waals surface area contributed by atoms with Gasteiger partial charge in [-0.05, 0) is 46.4 Å². The number of carbonyl (C=O) groups excluding carboxylic acids is 3. The second kappa shape index (κ2) is 6.02. The van der Waals surface area contributed by atoms with Crippen LogP contribution in [0, 0.1) is 35.5 Å². The Balaban J connectivity index is 1.16. The first-order valence-electron chi connectivity index (χ1n) is 10.4. The number of nitrogens with zero attached hydrogens (tertiary/aromatic N) is 1. The monoisotopic (exact) mass is 386 g/mol. The van der Waals surface area contributed by atoms with Gasteiger partial charge in [0, 0.05) is 6.54 Å². The largest absolute Gasteiger partial charge is 0.350 e. The lowest BCUT2D eigenvalue weighted by molar-refractivity contribution is -0.143. The van der Waals surface area contributed by atoms with Gasteiger partial charge in [0.15, 0.2) is 0 Å². The third-order valence-electron chi connectivity index (χ3n) is 7.41. The Kier molecular flexibility index (Phi) is 3.52. The lowest BCUT2D eigenvalue weighted by atomic mass is 9.63. The summed E-state index contributed by atoms with van der Waals surface area (Å²) in [6.07, 6.45) is 5.44. The molecule has 29 heavy (non-hydrogen) atoms. The number of rotatable bonds is 4. The van der Waals surface area contributed by atoms with Gasteiger partial charge in [-0.1, -0.05) is 54.6 Å². The number of fused-ring (bicyclic) bond motifs is 1. The highest BCUT2D eigenvalue weighted by atomic mass is 16.2. The third-order valence-corrected chi connectivity index (χ3v) is 7.41. The van der Waals surface area contributed by atoms with Gasteiger partial charge in [0.1, 0.15) is 6.54 Å². The zero-order valence-corrected chi connectivity index (χ0v) is 16.0. The van der Waals surface area contributed by atoms with Crippen LogP contribution in [0.3, 0.4) is 0 Å². The first-order chi connectivity index (χ1) is 14.1. The highest BCUT2D eigenvalue weighted by molar-refractivity contribution is 6.08. The molecule has 2 bridgehead atoms. The van der Waals surface area contributed by atoms with Crippen LogP contribution in [0.2, 0.25) is 0 Å². The fraction of sp³-hybridized carbons (Fsp3) is 0.375. The van der Waals surface area contributed by atoms with E-state index in [1.807, 2.05) is 42.5 Å². The van der Waals surface area contributed by atoms with Gasteiger partial charge >= 0.3 is 0 Å². The van der Waals surface area contributed by atoms with Gasteiger partial charge in [0.25, 0.3) is 0 Å². The molecule has 5 heteroatoms. The molecule has 2 aromatic rings. The predicted molar refractivity (Wildman–Crippen MR) is 107 cm³/mol. The molecular formula is C24H22N2O3. The van der Waals surface area contributed by atoms with Gasteiger partial charge in [-0.15, -0.1) is 0 Å². The molecule has 2 aromatic carbocycles. The van der Waals surface area contributed by atoms with E-state index in [-0.39, 0.29) is 47.9 Å². The first-order valence-corrected chi connectivity index (χ1v) is 10.4. The van der Waals surface area contributed by atoms with Crippen LogP contribution in [0.25, 0.3) is 10.8 Å². The summed E-state index contributed by atoms with van der Waals surface area (Å²) >= 11 is 0. The van der Waals surface area contributed by atoms with Gasteiger partial charge in [-0.2, -0.15) is 0 Å². The Labute approximate surface area is 168 Å². The van der Waals surface area contributed by atoms with Crippen LogP contribution in [0.4, 0.5) is 0 Å². The Morgan fingerprint density at radius 2 is 1.59 bits per heavy atom. The van der Waals surface area contributed by atoms with Crippen molar-refractivity contribution < 1.29 is 14.4 Å². The van der Waals surface area contributed by atoms with Gasteiger partial charge in [-0.25, -0.2) is 0 Å². The Bertz CT molecular complexity index is 1050. The summed E-state index contributed by atoms with van der Waals surface area (Å²) in [5, 5.41) is 5.11. The molecule has 3 fully saturated rings. The van der Waals surface area contributed by atoms with Crippen LogP contribution in [0.15, 0.2) is 54.6 Å². The first kappa shape index (κ1) is 17.0. The molecule has 0 unspecified atom stereocenters. The summed E-state index contributed by atoms with van der Waals surface area (Å²) in [7, 11) is 0. The maximum Gasteiger partial charge on any atom is 0.240 e. The van der Waals surface area contributed by atoms with E-state index in [9.17, 15) is 14.4 Å². The highest BCUT2D eigenvalue weighted by Gasteiger charge is 2.67. The molecule has 0 radical (unpaired) electrons. The number of benzene rings is 2. The van der Waals surface area contributed by atoms with Crippen LogP contribution in [-0.2, 0) is 20.9 Å². The summed E-state index contributed by atoms with van der Waals surface area (Å²) in [4.78, 5) is 39.8. The van der Waals surface area contributed by atoms with Crippen LogP contribution >= 0.6 is 0 Å². The molecule has 1 N–H and O–H groups in total. The maximum absolute atomic E-state index is 13.0. The van der Waals surface area contributed by atoms with Gasteiger partial charge in [0.2, 0.25) is 17.7 Å².